The van der Waals surface area contributed by atoms with Gasteiger partial charge in [0, 0.05) is 31.0 Å². The number of hydrogen-bond donors (Lipinski definition) is 2. The van der Waals surface area contributed by atoms with Gasteiger partial charge in [-0.1, -0.05) is 18.2 Å². The Bertz CT molecular complexity index is 718. The number of anilines is 2. The van der Waals surface area contributed by atoms with E-state index in [1.165, 1.54) is 11.3 Å². The minimum absolute atomic E-state index is 0.316. The first-order valence-corrected chi connectivity index (χ1v) is 8.75. The zero-order valence-corrected chi connectivity index (χ0v) is 14.6. The Balaban J connectivity index is 1.42. The number of benzene rings is 2. The molecule has 1 heterocycles. The van der Waals surface area contributed by atoms with E-state index < -0.39 is 0 Å². The number of amides is 1. The van der Waals surface area contributed by atoms with E-state index in [9.17, 15) is 4.79 Å². The summed E-state index contributed by atoms with van der Waals surface area (Å²) in [6.07, 6.45) is 3.77. The number of carbonyl (C=O) groups excluding carboxylic acids is 1. The minimum atomic E-state index is -0.316. The molecule has 1 unspecified atom stereocenters. The SMILES string of the molecule is CN(CCCC1CCc2cc(N)ccc2N1)C(=O)Oc1ccccc1. The Morgan fingerprint density at radius 2 is 2.08 bits per heavy atom. The van der Waals surface area contributed by atoms with Crippen LogP contribution in [0.5, 0.6) is 5.75 Å². The molecule has 0 aliphatic carbocycles. The largest absolute Gasteiger partial charge is 0.414 e. The fourth-order valence-electron chi connectivity index (χ4n) is 3.13. The third-order valence-corrected chi connectivity index (χ3v) is 4.56. The van der Waals surface area contributed by atoms with E-state index in [2.05, 4.69) is 11.4 Å². The molecule has 0 fully saturated rings. The van der Waals surface area contributed by atoms with Crippen LogP contribution in [0.15, 0.2) is 48.5 Å². The van der Waals surface area contributed by atoms with Gasteiger partial charge in [-0.05, 0) is 61.6 Å². The molecular weight excluding hydrogens is 314 g/mol. The Hall–Kier alpha value is -2.69. The van der Waals surface area contributed by atoms with Crippen molar-refractivity contribution < 1.29 is 9.53 Å². The second-order valence-electron chi connectivity index (χ2n) is 6.54. The summed E-state index contributed by atoms with van der Waals surface area (Å²) in [7, 11) is 1.78. The highest BCUT2D eigenvalue weighted by Crippen LogP contribution is 2.28. The number of para-hydroxylation sites is 1. The van der Waals surface area contributed by atoms with Gasteiger partial charge in [0.1, 0.15) is 5.75 Å². The number of nitrogens with two attached hydrogens (primary N) is 1. The van der Waals surface area contributed by atoms with Gasteiger partial charge in [-0.25, -0.2) is 4.79 Å². The molecule has 0 spiro atoms. The van der Waals surface area contributed by atoms with E-state index in [0.29, 0.717) is 18.3 Å². The monoisotopic (exact) mass is 339 g/mol. The van der Waals surface area contributed by atoms with E-state index in [0.717, 1.165) is 31.4 Å². The van der Waals surface area contributed by atoms with Crippen LogP contribution in [0.2, 0.25) is 0 Å². The summed E-state index contributed by atoms with van der Waals surface area (Å²) >= 11 is 0. The van der Waals surface area contributed by atoms with E-state index in [1.807, 2.05) is 30.3 Å². The van der Waals surface area contributed by atoms with Gasteiger partial charge in [-0.15, -0.1) is 0 Å². The molecule has 1 aliphatic heterocycles. The maximum Gasteiger partial charge on any atom is 0.414 e. The third kappa shape index (κ3) is 4.66. The van der Waals surface area contributed by atoms with E-state index in [1.54, 1.807) is 24.1 Å². The number of carbonyl (C=O) groups is 1. The van der Waals surface area contributed by atoms with Crippen molar-refractivity contribution >= 4 is 17.5 Å². The quantitative estimate of drug-likeness (QED) is 0.811. The zero-order valence-electron chi connectivity index (χ0n) is 14.6. The van der Waals surface area contributed by atoms with Crippen molar-refractivity contribution in [2.75, 3.05) is 24.6 Å². The number of nitrogen functional groups attached to an aromatic ring is 1. The van der Waals surface area contributed by atoms with Crippen molar-refractivity contribution in [2.45, 2.75) is 31.7 Å². The van der Waals surface area contributed by atoms with Crippen molar-refractivity contribution in [3.8, 4) is 5.75 Å². The van der Waals surface area contributed by atoms with Gasteiger partial charge < -0.3 is 20.7 Å². The van der Waals surface area contributed by atoms with Gasteiger partial charge in [-0.3, -0.25) is 0 Å². The van der Waals surface area contributed by atoms with Gasteiger partial charge in [-0.2, -0.15) is 0 Å². The standard InChI is InChI=1S/C20H25N3O2/c1-23(20(24)25-18-7-3-2-4-8-18)13-5-6-17-11-9-15-14-16(21)10-12-19(15)22-17/h2-4,7-8,10,12,14,17,22H,5-6,9,11,13,21H2,1H3. The highest BCUT2D eigenvalue weighted by Gasteiger charge is 2.18. The molecule has 5 nitrogen and oxygen atoms in total. The maximum absolute atomic E-state index is 12.1. The molecule has 1 aliphatic rings. The first kappa shape index (κ1) is 17.1. The molecule has 5 heteroatoms. The van der Waals surface area contributed by atoms with Crippen LogP contribution >= 0.6 is 0 Å². The van der Waals surface area contributed by atoms with Gasteiger partial charge in [0.15, 0.2) is 0 Å². The molecule has 0 radical (unpaired) electrons. The fourth-order valence-corrected chi connectivity index (χ4v) is 3.13. The van der Waals surface area contributed by atoms with Crippen molar-refractivity contribution in [1.29, 1.82) is 0 Å². The van der Waals surface area contributed by atoms with Crippen molar-refractivity contribution in [3.05, 3.63) is 54.1 Å². The normalized spacial score (nSPS) is 15.8. The number of ether oxygens (including phenoxy) is 1. The number of rotatable bonds is 5. The summed E-state index contributed by atoms with van der Waals surface area (Å²) in [6.45, 7) is 0.679. The predicted molar refractivity (Wildman–Crippen MR) is 101 cm³/mol. The molecular formula is C20H25N3O2. The van der Waals surface area contributed by atoms with E-state index in [-0.39, 0.29) is 6.09 Å². The summed E-state index contributed by atoms with van der Waals surface area (Å²) in [5, 5.41) is 3.58. The Labute approximate surface area is 148 Å². The lowest BCUT2D eigenvalue weighted by Crippen LogP contribution is -2.32. The van der Waals surface area contributed by atoms with Gasteiger partial charge in [0.25, 0.3) is 0 Å². The molecule has 0 saturated heterocycles. The fraction of sp³-hybridized carbons (Fsp3) is 0.350. The van der Waals surface area contributed by atoms with E-state index in [4.69, 9.17) is 10.5 Å². The molecule has 1 amide bonds. The predicted octanol–water partition coefficient (Wildman–Crippen LogP) is 3.91. The minimum Gasteiger partial charge on any atom is -0.410 e. The first-order chi connectivity index (χ1) is 12.1. The molecule has 3 rings (SSSR count). The molecule has 1 atom stereocenters. The number of nitrogens with zero attached hydrogens (tertiary/aromatic N) is 1. The third-order valence-electron chi connectivity index (χ3n) is 4.56. The van der Waals surface area contributed by atoms with Crippen LogP contribution in [0.25, 0.3) is 0 Å². The number of aryl methyl sites for hydroxylation is 1. The second-order valence-corrected chi connectivity index (χ2v) is 6.54. The molecule has 2 aromatic rings. The lowest BCUT2D eigenvalue weighted by molar-refractivity contribution is 0.162. The average Bonchev–Trinajstić information content (AvgIpc) is 2.62. The van der Waals surface area contributed by atoms with Crippen LogP contribution < -0.4 is 15.8 Å². The first-order valence-electron chi connectivity index (χ1n) is 8.75. The van der Waals surface area contributed by atoms with Gasteiger partial charge in [0.2, 0.25) is 0 Å². The van der Waals surface area contributed by atoms with Crippen LogP contribution in [-0.4, -0.2) is 30.6 Å². The summed E-state index contributed by atoms with van der Waals surface area (Å²) in [4.78, 5) is 13.7. The molecule has 0 aromatic heterocycles. The van der Waals surface area contributed by atoms with Crippen molar-refractivity contribution in [2.24, 2.45) is 0 Å². The van der Waals surface area contributed by atoms with Crippen LogP contribution in [0.4, 0.5) is 16.2 Å². The van der Waals surface area contributed by atoms with Crippen molar-refractivity contribution in [3.63, 3.8) is 0 Å². The number of nitrogens with one attached hydrogen (secondary N) is 1. The molecule has 3 N–H and O–H groups in total. The van der Waals surface area contributed by atoms with Gasteiger partial charge in [0.05, 0.1) is 0 Å². The lowest BCUT2D eigenvalue weighted by atomic mass is 9.95. The highest BCUT2D eigenvalue weighted by atomic mass is 16.6. The van der Waals surface area contributed by atoms with Crippen LogP contribution in [0, 0.1) is 0 Å². The topological polar surface area (TPSA) is 67.6 Å². The highest BCUT2D eigenvalue weighted by molar-refractivity contribution is 5.70. The lowest BCUT2D eigenvalue weighted by Gasteiger charge is -2.28. The molecule has 0 saturated carbocycles. The van der Waals surface area contributed by atoms with Crippen LogP contribution in [0.1, 0.15) is 24.8 Å². The Kier molecular flexibility index (Phi) is 5.43. The smallest absolute Gasteiger partial charge is 0.410 e. The second kappa shape index (κ2) is 7.92. The molecule has 25 heavy (non-hydrogen) atoms. The van der Waals surface area contributed by atoms with Crippen LogP contribution in [-0.2, 0) is 6.42 Å². The molecule has 132 valence electrons. The number of fused-ring (bicyclic) bond motifs is 1. The summed E-state index contributed by atoms with van der Waals surface area (Å²) in [5.41, 5.74) is 9.13. The zero-order chi connectivity index (χ0) is 17.6. The summed E-state index contributed by atoms with van der Waals surface area (Å²) in [5.74, 6) is 0.573. The van der Waals surface area contributed by atoms with Crippen molar-refractivity contribution in [1.82, 2.24) is 4.90 Å². The molecule has 2 aromatic carbocycles. The number of hydrogen-bond acceptors (Lipinski definition) is 4. The summed E-state index contributed by atoms with van der Waals surface area (Å²) in [6, 6.07) is 15.6. The maximum atomic E-state index is 12.1. The Morgan fingerprint density at radius 3 is 2.88 bits per heavy atom. The summed E-state index contributed by atoms with van der Waals surface area (Å²) < 4.78 is 5.34. The average molecular weight is 339 g/mol. The van der Waals surface area contributed by atoms with Crippen LogP contribution in [0.3, 0.4) is 0 Å². The Morgan fingerprint density at radius 1 is 1.28 bits per heavy atom. The van der Waals surface area contributed by atoms with Gasteiger partial charge >= 0.3 is 6.09 Å². The molecule has 0 bridgehead atoms. The van der Waals surface area contributed by atoms with E-state index >= 15 is 0 Å².